The zero-order chi connectivity index (χ0) is 23.2. The number of hydrogen-bond acceptors (Lipinski definition) is 6. The normalized spacial score (nSPS) is 10.7. The summed E-state index contributed by atoms with van der Waals surface area (Å²) in [5.41, 5.74) is 3.49. The van der Waals surface area contributed by atoms with E-state index in [0.717, 1.165) is 22.2 Å². The number of nitro benzene ring substituents is 1. The fourth-order valence-electron chi connectivity index (χ4n) is 3.18. The lowest BCUT2D eigenvalue weighted by atomic mass is 10.2. The molecule has 0 aliphatic carbocycles. The monoisotopic (exact) mass is 459 g/mol. The molecule has 4 aromatic rings. The van der Waals surface area contributed by atoms with E-state index in [1.165, 1.54) is 29.8 Å². The van der Waals surface area contributed by atoms with Gasteiger partial charge in [-0.3, -0.25) is 19.5 Å². The number of non-ortho nitro benzene ring substituents is 1. The standard InChI is InChI=1S/C24H21N5O3S/c1-17-7-11-20(12-8-17)28-22(26-27-24(28)33-16-18-5-3-2-4-6-18)15-25-23(30)19-9-13-21(14-10-19)29(31)32/h2-14H,15-16H2,1H3,(H,25,30). The minimum atomic E-state index is -0.500. The van der Waals surface area contributed by atoms with E-state index >= 15 is 0 Å². The number of benzene rings is 3. The maximum atomic E-state index is 12.6. The van der Waals surface area contributed by atoms with Crippen molar-refractivity contribution in [3.05, 3.63) is 111 Å². The Morgan fingerprint density at radius 1 is 1.00 bits per heavy atom. The van der Waals surface area contributed by atoms with Gasteiger partial charge in [-0.1, -0.05) is 59.8 Å². The highest BCUT2D eigenvalue weighted by atomic mass is 32.2. The van der Waals surface area contributed by atoms with Gasteiger partial charge in [-0.25, -0.2) is 0 Å². The number of amides is 1. The molecule has 0 aliphatic rings. The van der Waals surface area contributed by atoms with E-state index in [1.807, 2.05) is 54.0 Å². The molecular weight excluding hydrogens is 438 g/mol. The molecule has 9 heteroatoms. The van der Waals surface area contributed by atoms with Crippen LogP contribution in [-0.4, -0.2) is 25.6 Å². The smallest absolute Gasteiger partial charge is 0.269 e. The van der Waals surface area contributed by atoms with E-state index in [-0.39, 0.29) is 18.1 Å². The maximum absolute atomic E-state index is 12.6. The van der Waals surface area contributed by atoms with E-state index < -0.39 is 4.92 Å². The van der Waals surface area contributed by atoms with Gasteiger partial charge in [0, 0.05) is 29.1 Å². The summed E-state index contributed by atoms with van der Waals surface area (Å²) >= 11 is 1.57. The number of rotatable bonds is 8. The second-order valence-corrected chi connectivity index (χ2v) is 8.27. The van der Waals surface area contributed by atoms with Crippen molar-refractivity contribution in [2.75, 3.05) is 0 Å². The van der Waals surface area contributed by atoms with Crippen LogP contribution in [0.3, 0.4) is 0 Å². The lowest BCUT2D eigenvalue weighted by Gasteiger charge is -2.11. The average Bonchev–Trinajstić information content (AvgIpc) is 3.25. The van der Waals surface area contributed by atoms with Crippen molar-refractivity contribution in [3.63, 3.8) is 0 Å². The largest absolute Gasteiger partial charge is 0.345 e. The molecule has 1 aromatic heterocycles. The van der Waals surface area contributed by atoms with Crippen molar-refractivity contribution in [1.82, 2.24) is 20.1 Å². The molecule has 0 atom stereocenters. The third kappa shape index (κ3) is 5.45. The third-order valence-corrected chi connectivity index (χ3v) is 5.95. The fourth-order valence-corrected chi connectivity index (χ4v) is 4.11. The van der Waals surface area contributed by atoms with Crippen LogP contribution in [0.4, 0.5) is 5.69 Å². The zero-order valence-electron chi connectivity index (χ0n) is 17.8. The van der Waals surface area contributed by atoms with Gasteiger partial charge in [0.05, 0.1) is 11.5 Å². The highest BCUT2D eigenvalue weighted by Gasteiger charge is 2.16. The van der Waals surface area contributed by atoms with E-state index in [1.54, 1.807) is 11.8 Å². The molecule has 1 amide bonds. The second-order valence-electron chi connectivity index (χ2n) is 7.33. The summed E-state index contributed by atoms with van der Waals surface area (Å²) in [6.07, 6.45) is 0. The Bertz CT molecular complexity index is 1260. The van der Waals surface area contributed by atoms with Crippen LogP contribution in [-0.2, 0) is 12.3 Å². The van der Waals surface area contributed by atoms with Crippen LogP contribution in [0.25, 0.3) is 5.69 Å². The first kappa shape index (κ1) is 22.2. The summed E-state index contributed by atoms with van der Waals surface area (Å²) in [6.45, 7) is 2.18. The van der Waals surface area contributed by atoms with Crippen molar-refractivity contribution < 1.29 is 9.72 Å². The Kier molecular flexibility index (Phi) is 6.80. The molecule has 3 aromatic carbocycles. The topological polar surface area (TPSA) is 103 Å². The van der Waals surface area contributed by atoms with Gasteiger partial charge in [0.2, 0.25) is 0 Å². The van der Waals surface area contributed by atoms with Crippen LogP contribution in [0, 0.1) is 17.0 Å². The van der Waals surface area contributed by atoms with Gasteiger partial charge in [0.25, 0.3) is 11.6 Å². The molecule has 0 aliphatic heterocycles. The molecule has 0 spiro atoms. The SMILES string of the molecule is Cc1ccc(-n2c(CNC(=O)c3ccc([N+](=O)[O-])cc3)nnc2SCc2ccccc2)cc1. The van der Waals surface area contributed by atoms with Crippen LogP contribution in [0.5, 0.6) is 0 Å². The molecule has 166 valence electrons. The molecule has 0 saturated carbocycles. The van der Waals surface area contributed by atoms with Gasteiger partial charge in [0.1, 0.15) is 0 Å². The van der Waals surface area contributed by atoms with Crippen LogP contribution in [0.2, 0.25) is 0 Å². The predicted molar refractivity (Wildman–Crippen MR) is 126 cm³/mol. The molecule has 0 fully saturated rings. The molecule has 0 unspecified atom stereocenters. The highest BCUT2D eigenvalue weighted by Crippen LogP contribution is 2.25. The molecule has 0 bridgehead atoms. The quantitative estimate of drug-likeness (QED) is 0.233. The number of carbonyl (C=O) groups excluding carboxylic acids is 1. The van der Waals surface area contributed by atoms with Crippen molar-refractivity contribution in [2.24, 2.45) is 0 Å². The summed E-state index contributed by atoms with van der Waals surface area (Å²) in [6, 6.07) is 23.6. The van der Waals surface area contributed by atoms with Crippen molar-refractivity contribution in [1.29, 1.82) is 0 Å². The number of carbonyl (C=O) groups is 1. The Balaban J connectivity index is 1.54. The first-order valence-corrected chi connectivity index (χ1v) is 11.2. The second kappa shape index (κ2) is 10.1. The van der Waals surface area contributed by atoms with Crippen molar-refractivity contribution >= 4 is 23.4 Å². The van der Waals surface area contributed by atoms with Crippen LogP contribution >= 0.6 is 11.8 Å². The Hall–Kier alpha value is -3.98. The summed E-state index contributed by atoms with van der Waals surface area (Å²) in [4.78, 5) is 22.9. The Morgan fingerprint density at radius 3 is 2.36 bits per heavy atom. The average molecular weight is 460 g/mol. The first-order valence-electron chi connectivity index (χ1n) is 10.2. The molecular formula is C24H21N5O3S. The molecule has 8 nitrogen and oxygen atoms in total. The third-order valence-electron chi connectivity index (χ3n) is 4.95. The Labute approximate surface area is 194 Å². The van der Waals surface area contributed by atoms with Gasteiger partial charge in [0.15, 0.2) is 11.0 Å². The number of aryl methyl sites for hydroxylation is 1. The van der Waals surface area contributed by atoms with Crippen LogP contribution < -0.4 is 5.32 Å². The van der Waals surface area contributed by atoms with Gasteiger partial charge in [-0.15, -0.1) is 10.2 Å². The molecule has 33 heavy (non-hydrogen) atoms. The fraction of sp³-hybridized carbons (Fsp3) is 0.125. The first-order chi connectivity index (χ1) is 16.0. The minimum Gasteiger partial charge on any atom is -0.345 e. The van der Waals surface area contributed by atoms with E-state index in [2.05, 4.69) is 27.6 Å². The Morgan fingerprint density at radius 2 is 1.70 bits per heavy atom. The molecule has 0 radical (unpaired) electrons. The zero-order valence-corrected chi connectivity index (χ0v) is 18.7. The number of nitrogens with zero attached hydrogens (tertiary/aromatic N) is 4. The van der Waals surface area contributed by atoms with Crippen LogP contribution in [0.1, 0.15) is 27.3 Å². The number of nitrogens with one attached hydrogen (secondary N) is 1. The van der Waals surface area contributed by atoms with E-state index in [4.69, 9.17) is 0 Å². The van der Waals surface area contributed by atoms with Crippen molar-refractivity contribution in [3.8, 4) is 5.69 Å². The highest BCUT2D eigenvalue weighted by molar-refractivity contribution is 7.98. The van der Waals surface area contributed by atoms with Gasteiger partial charge in [-0.2, -0.15) is 0 Å². The number of nitro groups is 1. The summed E-state index contributed by atoms with van der Waals surface area (Å²) in [7, 11) is 0. The molecule has 0 saturated heterocycles. The van der Waals surface area contributed by atoms with Gasteiger partial charge < -0.3 is 5.32 Å². The van der Waals surface area contributed by atoms with Gasteiger partial charge in [-0.05, 0) is 36.8 Å². The molecule has 1 N–H and O–H groups in total. The lowest BCUT2D eigenvalue weighted by molar-refractivity contribution is -0.384. The molecule has 4 rings (SSSR count). The predicted octanol–water partition coefficient (Wildman–Crippen LogP) is 4.71. The van der Waals surface area contributed by atoms with Gasteiger partial charge >= 0.3 is 0 Å². The van der Waals surface area contributed by atoms with E-state index in [0.29, 0.717) is 11.4 Å². The lowest BCUT2D eigenvalue weighted by Crippen LogP contribution is -2.24. The maximum Gasteiger partial charge on any atom is 0.269 e. The number of thioether (sulfide) groups is 1. The van der Waals surface area contributed by atoms with Crippen molar-refractivity contribution in [2.45, 2.75) is 24.4 Å². The van der Waals surface area contributed by atoms with Crippen LogP contribution in [0.15, 0.2) is 84.0 Å². The number of hydrogen-bond donors (Lipinski definition) is 1. The number of aromatic nitrogens is 3. The van der Waals surface area contributed by atoms with E-state index in [9.17, 15) is 14.9 Å². The summed E-state index contributed by atoms with van der Waals surface area (Å²) < 4.78 is 1.93. The minimum absolute atomic E-state index is 0.0641. The summed E-state index contributed by atoms with van der Waals surface area (Å²) in [5.74, 6) is 0.978. The molecule has 1 heterocycles. The summed E-state index contributed by atoms with van der Waals surface area (Å²) in [5, 5.41) is 23.1.